The van der Waals surface area contributed by atoms with Crippen LogP contribution in [-0.4, -0.2) is 47.1 Å². The molecule has 192 valence electrons. The highest BCUT2D eigenvalue weighted by Crippen LogP contribution is 2.35. The van der Waals surface area contributed by atoms with Crippen LogP contribution in [0.25, 0.3) is 10.2 Å². The lowest BCUT2D eigenvalue weighted by atomic mass is 10.0. The van der Waals surface area contributed by atoms with E-state index in [0.717, 1.165) is 59.6 Å². The summed E-state index contributed by atoms with van der Waals surface area (Å²) < 4.78 is 12.1. The number of piperidine rings is 1. The molecule has 0 atom stereocenters. The Labute approximate surface area is 221 Å². The molecule has 7 nitrogen and oxygen atoms in total. The number of carbonyl (C=O) groups is 1. The number of thiophene rings is 1. The minimum Gasteiger partial charge on any atom is -0.465 e. The predicted molar refractivity (Wildman–Crippen MR) is 148 cm³/mol. The van der Waals surface area contributed by atoms with Gasteiger partial charge in [-0.3, -0.25) is 4.90 Å². The molecule has 0 unspecified atom stereocenters. The third-order valence-corrected chi connectivity index (χ3v) is 7.67. The molecule has 1 fully saturated rings. The lowest BCUT2D eigenvalue weighted by Gasteiger charge is -2.32. The van der Waals surface area contributed by atoms with Crippen LogP contribution in [0.2, 0.25) is 0 Å². The van der Waals surface area contributed by atoms with Gasteiger partial charge in [-0.1, -0.05) is 29.8 Å². The highest BCUT2D eigenvalue weighted by atomic mass is 32.1. The minimum atomic E-state index is -0.306. The lowest BCUT2D eigenvalue weighted by molar-refractivity contribution is 0.0600. The smallest absolute Gasteiger partial charge is 0.337 e. The van der Waals surface area contributed by atoms with Gasteiger partial charge < -0.3 is 14.8 Å². The Morgan fingerprint density at radius 1 is 1.05 bits per heavy atom. The molecule has 2 aromatic carbocycles. The average Bonchev–Trinajstić information content (AvgIpc) is 3.36. The maximum Gasteiger partial charge on any atom is 0.337 e. The van der Waals surface area contributed by atoms with Gasteiger partial charge in [0, 0.05) is 25.7 Å². The summed E-state index contributed by atoms with van der Waals surface area (Å²) in [5.74, 6) is 1.77. The Bertz CT molecular complexity index is 1390. The first-order valence-corrected chi connectivity index (χ1v) is 13.4. The molecule has 37 heavy (non-hydrogen) atoms. The minimum absolute atomic E-state index is 0.296. The van der Waals surface area contributed by atoms with Crippen LogP contribution in [0.15, 0.2) is 47.8 Å². The number of anilines is 1. The van der Waals surface area contributed by atoms with E-state index in [1.165, 1.54) is 18.2 Å². The third-order valence-electron chi connectivity index (χ3n) is 6.78. The van der Waals surface area contributed by atoms with E-state index in [1.54, 1.807) is 11.3 Å². The number of aromatic nitrogens is 2. The maximum atomic E-state index is 11.7. The second-order valence-corrected chi connectivity index (χ2v) is 10.6. The van der Waals surface area contributed by atoms with Crippen LogP contribution >= 0.6 is 11.3 Å². The highest BCUT2D eigenvalue weighted by Gasteiger charge is 2.21. The second-order valence-electron chi connectivity index (χ2n) is 9.70. The van der Waals surface area contributed by atoms with E-state index in [4.69, 9.17) is 19.4 Å². The summed E-state index contributed by atoms with van der Waals surface area (Å²) in [7, 11) is 1.40. The first-order chi connectivity index (χ1) is 17.9. The number of ether oxygens (including phenoxy) is 2. The monoisotopic (exact) mass is 516 g/mol. The Balaban J connectivity index is 1.24. The zero-order valence-electron chi connectivity index (χ0n) is 21.7. The standard InChI is InChI=1S/C29H32N4O3S/c1-18-15-19(2)25(20(3)16-18)36-27-26-24(11-14-37-26)31-29(32-27)30-23-9-12-33(13-10-23)17-21-5-7-22(8-6-21)28(34)35-4/h5-8,11,14-16,23H,9-10,12-13,17H2,1-4H3,(H,30,31,32). The summed E-state index contributed by atoms with van der Waals surface area (Å²) in [6.45, 7) is 9.05. The molecule has 3 heterocycles. The summed E-state index contributed by atoms with van der Waals surface area (Å²) >= 11 is 1.60. The molecule has 0 spiro atoms. The first-order valence-electron chi connectivity index (χ1n) is 12.6. The van der Waals surface area contributed by atoms with Crippen molar-refractivity contribution in [1.82, 2.24) is 14.9 Å². The van der Waals surface area contributed by atoms with Gasteiger partial charge in [-0.2, -0.15) is 4.98 Å². The number of hydrogen-bond acceptors (Lipinski definition) is 8. The van der Waals surface area contributed by atoms with Crippen molar-refractivity contribution in [3.63, 3.8) is 0 Å². The average molecular weight is 517 g/mol. The molecular formula is C29H32N4O3S. The first kappa shape index (κ1) is 25.2. The second kappa shape index (κ2) is 10.9. The van der Waals surface area contributed by atoms with Gasteiger partial charge in [0.05, 0.1) is 18.2 Å². The molecule has 0 aliphatic carbocycles. The summed E-state index contributed by atoms with van der Waals surface area (Å²) in [6.07, 6.45) is 2.00. The van der Waals surface area contributed by atoms with Crippen LogP contribution in [0.5, 0.6) is 11.6 Å². The summed E-state index contributed by atoms with van der Waals surface area (Å²) in [5.41, 5.74) is 6.08. The fourth-order valence-corrected chi connectivity index (χ4v) is 5.69. The Kier molecular flexibility index (Phi) is 7.39. The quantitative estimate of drug-likeness (QED) is 0.290. The van der Waals surface area contributed by atoms with Gasteiger partial charge in [-0.15, -0.1) is 11.3 Å². The summed E-state index contributed by atoms with van der Waals surface area (Å²) in [5, 5.41) is 5.59. The summed E-state index contributed by atoms with van der Waals surface area (Å²) in [6, 6.07) is 14.2. The fraction of sp³-hybridized carbons (Fsp3) is 0.345. The number of esters is 1. The zero-order chi connectivity index (χ0) is 25.9. The molecule has 0 radical (unpaired) electrons. The summed E-state index contributed by atoms with van der Waals surface area (Å²) in [4.78, 5) is 23.7. The van der Waals surface area contributed by atoms with Gasteiger partial charge in [0.15, 0.2) is 0 Å². The van der Waals surface area contributed by atoms with Gasteiger partial charge >= 0.3 is 5.97 Å². The van der Waals surface area contributed by atoms with Crippen molar-refractivity contribution in [2.75, 3.05) is 25.5 Å². The number of carbonyl (C=O) groups excluding carboxylic acids is 1. The maximum absolute atomic E-state index is 11.7. The molecule has 0 bridgehead atoms. The normalized spacial score (nSPS) is 14.6. The predicted octanol–water partition coefficient (Wildman–Crippen LogP) is 6.27. The number of benzene rings is 2. The number of aryl methyl sites for hydroxylation is 3. The zero-order valence-corrected chi connectivity index (χ0v) is 22.5. The van der Waals surface area contributed by atoms with Gasteiger partial charge in [0.2, 0.25) is 11.8 Å². The number of hydrogen-bond donors (Lipinski definition) is 1. The highest BCUT2D eigenvalue weighted by molar-refractivity contribution is 7.17. The third kappa shape index (κ3) is 5.76. The SMILES string of the molecule is COC(=O)c1ccc(CN2CCC(Nc3nc(Oc4c(C)cc(C)cc4C)c4sccc4n3)CC2)cc1. The van der Waals surface area contributed by atoms with Crippen molar-refractivity contribution in [2.24, 2.45) is 0 Å². The van der Waals surface area contributed by atoms with E-state index < -0.39 is 0 Å². The molecule has 8 heteroatoms. The van der Waals surface area contributed by atoms with Gasteiger partial charge in [-0.25, -0.2) is 9.78 Å². The van der Waals surface area contributed by atoms with Crippen LogP contribution in [0.4, 0.5) is 5.95 Å². The Hall–Kier alpha value is -3.49. The van der Waals surface area contributed by atoms with Crippen molar-refractivity contribution in [2.45, 2.75) is 46.2 Å². The van der Waals surface area contributed by atoms with E-state index in [-0.39, 0.29) is 5.97 Å². The Morgan fingerprint density at radius 2 is 1.76 bits per heavy atom. The van der Waals surface area contributed by atoms with E-state index >= 15 is 0 Å². The Morgan fingerprint density at radius 3 is 2.43 bits per heavy atom. The molecule has 1 saturated heterocycles. The van der Waals surface area contributed by atoms with Crippen LogP contribution in [0.1, 0.15) is 45.5 Å². The molecule has 2 aromatic heterocycles. The largest absolute Gasteiger partial charge is 0.465 e. The van der Waals surface area contributed by atoms with Crippen LogP contribution in [0, 0.1) is 20.8 Å². The van der Waals surface area contributed by atoms with E-state index in [2.05, 4.69) is 43.1 Å². The molecule has 1 N–H and O–H groups in total. The van der Waals surface area contributed by atoms with Crippen LogP contribution in [-0.2, 0) is 11.3 Å². The van der Waals surface area contributed by atoms with Crippen molar-refractivity contribution >= 4 is 33.5 Å². The van der Waals surface area contributed by atoms with Gasteiger partial charge in [-0.05, 0) is 73.9 Å². The van der Waals surface area contributed by atoms with Crippen molar-refractivity contribution < 1.29 is 14.3 Å². The van der Waals surface area contributed by atoms with Gasteiger partial charge in [0.25, 0.3) is 0 Å². The number of methoxy groups -OCH3 is 1. The van der Waals surface area contributed by atoms with E-state index in [0.29, 0.717) is 23.4 Å². The molecular weight excluding hydrogens is 484 g/mol. The van der Waals surface area contributed by atoms with Crippen molar-refractivity contribution in [3.05, 3.63) is 75.7 Å². The van der Waals surface area contributed by atoms with E-state index in [9.17, 15) is 4.79 Å². The lowest BCUT2D eigenvalue weighted by Crippen LogP contribution is -2.39. The number of nitrogens with one attached hydrogen (secondary N) is 1. The molecule has 5 rings (SSSR count). The molecule has 0 saturated carbocycles. The van der Waals surface area contributed by atoms with Crippen LogP contribution in [0.3, 0.4) is 0 Å². The molecule has 0 amide bonds. The van der Waals surface area contributed by atoms with E-state index in [1.807, 2.05) is 35.7 Å². The number of fused-ring (bicyclic) bond motifs is 1. The van der Waals surface area contributed by atoms with Gasteiger partial charge in [0.1, 0.15) is 10.4 Å². The number of likely N-dealkylation sites (tertiary alicyclic amines) is 1. The van der Waals surface area contributed by atoms with Crippen LogP contribution < -0.4 is 10.1 Å². The topological polar surface area (TPSA) is 76.6 Å². The molecule has 1 aliphatic heterocycles. The number of nitrogens with zero attached hydrogens (tertiary/aromatic N) is 3. The molecule has 1 aliphatic rings. The van der Waals surface area contributed by atoms with Crippen molar-refractivity contribution in [1.29, 1.82) is 0 Å². The van der Waals surface area contributed by atoms with Crippen molar-refractivity contribution in [3.8, 4) is 11.6 Å². The fourth-order valence-electron chi connectivity index (χ4n) is 4.94. The number of rotatable bonds is 7. The molecule has 4 aromatic rings.